The fourth-order valence-corrected chi connectivity index (χ4v) is 6.25. The molecule has 1 aromatic rings. The van der Waals surface area contributed by atoms with Crippen molar-refractivity contribution in [1.29, 1.82) is 0 Å². The van der Waals surface area contributed by atoms with E-state index in [0.29, 0.717) is 11.5 Å². The van der Waals surface area contributed by atoms with Crippen LogP contribution in [0.25, 0.3) is 0 Å². The molecule has 4 bridgehead atoms. The van der Waals surface area contributed by atoms with Crippen LogP contribution in [-0.2, 0) is 6.54 Å². The fraction of sp³-hybridized carbons (Fsp3) is 0.684. The lowest BCUT2D eigenvalue weighted by Crippen LogP contribution is -2.54. The van der Waals surface area contributed by atoms with E-state index in [1.807, 2.05) is 0 Å². The van der Waals surface area contributed by atoms with Gasteiger partial charge >= 0.3 is 0 Å². The molecule has 4 saturated carbocycles. The van der Waals surface area contributed by atoms with E-state index in [9.17, 15) is 0 Å². The minimum absolute atomic E-state index is 0.607. The van der Waals surface area contributed by atoms with Crippen molar-refractivity contribution >= 4 is 15.9 Å². The molecule has 1 N–H and O–H groups in total. The van der Waals surface area contributed by atoms with E-state index in [-0.39, 0.29) is 0 Å². The van der Waals surface area contributed by atoms with Crippen LogP contribution in [0, 0.1) is 23.2 Å². The van der Waals surface area contributed by atoms with E-state index in [0.717, 1.165) is 24.3 Å². The van der Waals surface area contributed by atoms with Gasteiger partial charge in [-0.05, 0) is 80.2 Å². The second-order valence-corrected chi connectivity index (χ2v) is 8.83. The number of rotatable bonds is 4. The average Bonchev–Trinajstić information content (AvgIpc) is 2.44. The first-order valence-corrected chi connectivity index (χ1v) is 9.41. The molecule has 1 unspecified atom stereocenters. The second kappa shape index (κ2) is 5.38. The van der Waals surface area contributed by atoms with Crippen LogP contribution in [0.1, 0.15) is 51.0 Å². The van der Waals surface area contributed by atoms with E-state index < -0.39 is 0 Å². The highest BCUT2D eigenvalue weighted by Gasteiger charge is 2.52. The van der Waals surface area contributed by atoms with Gasteiger partial charge in [0, 0.05) is 17.1 Å². The molecule has 0 aromatic heterocycles. The summed E-state index contributed by atoms with van der Waals surface area (Å²) in [5.41, 5.74) is 1.99. The maximum atomic E-state index is 3.87. The van der Waals surface area contributed by atoms with Gasteiger partial charge in [0.2, 0.25) is 0 Å². The third-order valence-corrected chi connectivity index (χ3v) is 7.33. The molecule has 4 aliphatic rings. The Labute approximate surface area is 137 Å². The Bertz CT molecular complexity index is 489. The van der Waals surface area contributed by atoms with Gasteiger partial charge in [-0.25, -0.2) is 0 Å². The Morgan fingerprint density at radius 2 is 1.67 bits per heavy atom. The van der Waals surface area contributed by atoms with Crippen molar-refractivity contribution in [3.05, 3.63) is 34.3 Å². The SMILES string of the molecule is CC(NCc1ccccc1Br)C12CC3CC(CC(C3)C1)C2. The van der Waals surface area contributed by atoms with Crippen LogP contribution in [0.15, 0.2) is 28.7 Å². The number of hydrogen-bond donors (Lipinski definition) is 1. The lowest BCUT2D eigenvalue weighted by Gasteiger charge is -2.59. The molecule has 0 amide bonds. The van der Waals surface area contributed by atoms with Crippen molar-refractivity contribution in [3.63, 3.8) is 0 Å². The normalized spacial score (nSPS) is 38.7. The summed E-state index contributed by atoms with van der Waals surface area (Å²) in [5, 5.41) is 3.87. The highest BCUT2D eigenvalue weighted by Crippen LogP contribution is 2.61. The van der Waals surface area contributed by atoms with Crippen LogP contribution in [0.4, 0.5) is 0 Å². The van der Waals surface area contributed by atoms with Crippen LogP contribution in [0.5, 0.6) is 0 Å². The van der Waals surface area contributed by atoms with Crippen molar-refractivity contribution in [3.8, 4) is 0 Å². The molecule has 21 heavy (non-hydrogen) atoms. The van der Waals surface area contributed by atoms with Gasteiger partial charge in [0.1, 0.15) is 0 Å². The minimum Gasteiger partial charge on any atom is -0.310 e. The smallest absolute Gasteiger partial charge is 0.0220 e. The lowest BCUT2D eigenvalue weighted by atomic mass is 9.48. The van der Waals surface area contributed by atoms with Crippen molar-refractivity contribution in [2.75, 3.05) is 0 Å². The standard InChI is InChI=1S/C19H26BrN/c1-13(21-12-17-4-2-3-5-18(17)20)19-9-14-6-15(10-19)8-16(7-14)11-19/h2-5,13-16,21H,6-12H2,1H3. The first-order valence-electron chi connectivity index (χ1n) is 8.61. The summed E-state index contributed by atoms with van der Waals surface area (Å²) in [7, 11) is 0. The van der Waals surface area contributed by atoms with Gasteiger partial charge in [0.15, 0.2) is 0 Å². The summed E-state index contributed by atoms with van der Waals surface area (Å²) in [5.74, 6) is 3.14. The summed E-state index contributed by atoms with van der Waals surface area (Å²) < 4.78 is 1.23. The van der Waals surface area contributed by atoms with Crippen LogP contribution in [-0.4, -0.2) is 6.04 Å². The van der Waals surface area contributed by atoms with Gasteiger partial charge in [0.05, 0.1) is 0 Å². The molecular weight excluding hydrogens is 322 g/mol. The van der Waals surface area contributed by atoms with Crippen molar-refractivity contribution in [2.24, 2.45) is 23.2 Å². The minimum atomic E-state index is 0.607. The van der Waals surface area contributed by atoms with Crippen LogP contribution < -0.4 is 5.32 Å². The maximum Gasteiger partial charge on any atom is 0.0220 e. The molecule has 1 nitrogen and oxygen atoms in total. The zero-order chi connectivity index (χ0) is 14.4. The molecule has 1 atom stereocenters. The molecule has 0 heterocycles. The molecule has 1 aromatic carbocycles. The molecule has 4 aliphatic carbocycles. The molecule has 5 rings (SSSR count). The van der Waals surface area contributed by atoms with Gasteiger partial charge in [-0.3, -0.25) is 0 Å². The number of halogens is 1. The Kier molecular flexibility index (Phi) is 3.66. The molecule has 0 spiro atoms. The van der Waals surface area contributed by atoms with E-state index in [1.54, 1.807) is 0 Å². The van der Waals surface area contributed by atoms with E-state index in [2.05, 4.69) is 52.4 Å². The van der Waals surface area contributed by atoms with E-state index in [4.69, 9.17) is 0 Å². The fourth-order valence-electron chi connectivity index (χ4n) is 5.83. The molecular formula is C19H26BrN. The summed E-state index contributed by atoms with van der Waals surface area (Å²) in [6.45, 7) is 3.44. The Morgan fingerprint density at radius 3 is 2.24 bits per heavy atom. The zero-order valence-electron chi connectivity index (χ0n) is 12.9. The Morgan fingerprint density at radius 1 is 1.10 bits per heavy atom. The second-order valence-electron chi connectivity index (χ2n) is 7.97. The first kappa shape index (κ1) is 14.3. The summed E-state index contributed by atoms with van der Waals surface area (Å²) >= 11 is 3.67. The number of nitrogens with one attached hydrogen (secondary N) is 1. The highest BCUT2D eigenvalue weighted by molar-refractivity contribution is 9.10. The predicted octanol–water partition coefficient (Wildman–Crippen LogP) is 5.14. The molecule has 0 radical (unpaired) electrons. The predicted molar refractivity (Wildman–Crippen MR) is 91.0 cm³/mol. The number of benzene rings is 1. The molecule has 0 aliphatic heterocycles. The third-order valence-electron chi connectivity index (χ3n) is 6.56. The zero-order valence-corrected chi connectivity index (χ0v) is 14.5. The molecule has 4 fully saturated rings. The van der Waals surface area contributed by atoms with Crippen LogP contribution in [0.2, 0.25) is 0 Å². The van der Waals surface area contributed by atoms with Gasteiger partial charge in [-0.2, -0.15) is 0 Å². The van der Waals surface area contributed by atoms with Crippen molar-refractivity contribution in [2.45, 2.75) is 58.0 Å². The highest BCUT2D eigenvalue weighted by atomic mass is 79.9. The maximum absolute atomic E-state index is 3.87. The third kappa shape index (κ3) is 2.59. The first-order chi connectivity index (χ1) is 10.1. The summed E-state index contributed by atoms with van der Waals surface area (Å²) in [4.78, 5) is 0. The quantitative estimate of drug-likeness (QED) is 0.794. The van der Waals surface area contributed by atoms with Gasteiger partial charge in [-0.15, -0.1) is 0 Å². The topological polar surface area (TPSA) is 12.0 Å². The monoisotopic (exact) mass is 347 g/mol. The molecule has 114 valence electrons. The average molecular weight is 348 g/mol. The summed E-state index contributed by atoms with van der Waals surface area (Å²) in [6.07, 6.45) is 9.08. The number of hydrogen-bond acceptors (Lipinski definition) is 1. The Balaban J connectivity index is 1.45. The largest absolute Gasteiger partial charge is 0.310 e. The van der Waals surface area contributed by atoms with Gasteiger partial charge in [0.25, 0.3) is 0 Å². The van der Waals surface area contributed by atoms with Gasteiger partial charge < -0.3 is 5.32 Å². The van der Waals surface area contributed by atoms with E-state index >= 15 is 0 Å². The van der Waals surface area contributed by atoms with E-state index in [1.165, 1.54) is 48.6 Å². The van der Waals surface area contributed by atoms with Crippen molar-refractivity contribution in [1.82, 2.24) is 5.32 Å². The summed E-state index contributed by atoms with van der Waals surface area (Å²) in [6, 6.07) is 9.25. The molecule has 2 heteroatoms. The Hall–Kier alpha value is -0.340. The lowest BCUT2D eigenvalue weighted by molar-refractivity contribution is -0.0706. The van der Waals surface area contributed by atoms with Crippen LogP contribution >= 0.6 is 15.9 Å². The van der Waals surface area contributed by atoms with Crippen LogP contribution in [0.3, 0.4) is 0 Å². The van der Waals surface area contributed by atoms with Crippen molar-refractivity contribution < 1.29 is 0 Å². The molecule has 0 saturated heterocycles. The van der Waals surface area contributed by atoms with Gasteiger partial charge in [-0.1, -0.05) is 34.1 Å².